The van der Waals surface area contributed by atoms with E-state index in [0.717, 1.165) is 4.31 Å². The van der Waals surface area contributed by atoms with Crippen LogP contribution in [0.15, 0.2) is 29.2 Å². The van der Waals surface area contributed by atoms with Gasteiger partial charge in [-0.05, 0) is 38.1 Å². The lowest BCUT2D eigenvalue weighted by Crippen LogP contribution is -2.27. The number of amides is 1. The van der Waals surface area contributed by atoms with Gasteiger partial charge in [0.25, 0.3) is 5.91 Å². The fraction of sp³-hybridized carbons (Fsp3) is 0.467. The molecule has 0 bridgehead atoms. The molecule has 0 fully saturated rings. The van der Waals surface area contributed by atoms with Crippen molar-refractivity contribution in [3.8, 4) is 0 Å². The van der Waals surface area contributed by atoms with Crippen molar-refractivity contribution in [1.29, 1.82) is 0 Å². The minimum Gasteiger partial charge on any atom is -0.463 e. The van der Waals surface area contributed by atoms with Gasteiger partial charge in [-0.3, -0.25) is 9.59 Å². The van der Waals surface area contributed by atoms with Crippen molar-refractivity contribution in [2.24, 2.45) is 0 Å². The van der Waals surface area contributed by atoms with Gasteiger partial charge in [-0.2, -0.15) is 0 Å². The Kier molecular flexibility index (Phi) is 6.71. The topological polar surface area (TPSA) is 92.8 Å². The Balaban J connectivity index is 2.60. The number of carbonyl (C=O) groups excluding carboxylic acids is 2. The van der Waals surface area contributed by atoms with Gasteiger partial charge in [0.05, 0.1) is 17.4 Å². The lowest BCUT2D eigenvalue weighted by Gasteiger charge is -2.12. The number of carbonyl (C=O) groups is 2. The molecule has 0 atom stereocenters. The predicted octanol–water partition coefficient (Wildman–Crippen LogP) is 1.01. The van der Waals surface area contributed by atoms with Crippen molar-refractivity contribution in [3.05, 3.63) is 29.8 Å². The standard InChI is InChI=1S/C15H22N2O5S/c1-11(2)22-14(18)9-10-16-15(19)12-5-7-13(8-6-12)23(20,21)17(3)4/h5-8,11H,9-10H2,1-4H3,(H,16,19). The van der Waals surface area contributed by atoms with E-state index >= 15 is 0 Å². The number of benzene rings is 1. The summed E-state index contributed by atoms with van der Waals surface area (Å²) in [5, 5.41) is 2.58. The Bertz CT molecular complexity index is 651. The van der Waals surface area contributed by atoms with Gasteiger partial charge in [0, 0.05) is 26.2 Å². The second-order valence-corrected chi connectivity index (χ2v) is 7.51. The smallest absolute Gasteiger partial charge is 0.307 e. The van der Waals surface area contributed by atoms with Gasteiger partial charge in [0.15, 0.2) is 0 Å². The molecule has 0 saturated heterocycles. The van der Waals surface area contributed by atoms with Gasteiger partial charge in [0.2, 0.25) is 10.0 Å². The van der Waals surface area contributed by atoms with E-state index in [-0.39, 0.29) is 35.8 Å². The van der Waals surface area contributed by atoms with Gasteiger partial charge in [-0.25, -0.2) is 12.7 Å². The van der Waals surface area contributed by atoms with E-state index in [1.165, 1.54) is 38.4 Å². The third kappa shape index (κ3) is 5.65. The molecule has 0 aliphatic carbocycles. The molecule has 0 heterocycles. The van der Waals surface area contributed by atoms with Crippen molar-refractivity contribution >= 4 is 21.9 Å². The monoisotopic (exact) mass is 342 g/mol. The molecule has 0 aliphatic heterocycles. The molecule has 0 spiro atoms. The van der Waals surface area contributed by atoms with E-state index in [1.54, 1.807) is 13.8 Å². The fourth-order valence-corrected chi connectivity index (χ4v) is 2.59. The highest BCUT2D eigenvalue weighted by atomic mass is 32.2. The number of nitrogens with zero attached hydrogens (tertiary/aromatic N) is 1. The van der Waals surface area contributed by atoms with Crippen LogP contribution < -0.4 is 5.32 Å². The van der Waals surface area contributed by atoms with E-state index in [9.17, 15) is 18.0 Å². The maximum Gasteiger partial charge on any atom is 0.307 e. The molecular weight excluding hydrogens is 320 g/mol. The van der Waals surface area contributed by atoms with Crippen LogP contribution in [0.1, 0.15) is 30.6 Å². The second-order valence-electron chi connectivity index (χ2n) is 5.36. The minimum atomic E-state index is -3.52. The maximum atomic E-state index is 11.9. The van der Waals surface area contributed by atoms with Gasteiger partial charge in [-0.15, -0.1) is 0 Å². The van der Waals surface area contributed by atoms with Crippen LogP contribution in [0.5, 0.6) is 0 Å². The number of sulfonamides is 1. The first-order chi connectivity index (χ1) is 10.6. The normalized spacial score (nSPS) is 11.6. The van der Waals surface area contributed by atoms with Crippen LogP contribution >= 0.6 is 0 Å². The first kappa shape index (κ1) is 19.1. The summed E-state index contributed by atoms with van der Waals surface area (Å²) in [6.45, 7) is 3.65. The van der Waals surface area contributed by atoms with Crippen LogP contribution in [-0.4, -0.2) is 51.3 Å². The summed E-state index contributed by atoms with van der Waals surface area (Å²) in [4.78, 5) is 23.4. The highest BCUT2D eigenvalue weighted by molar-refractivity contribution is 7.89. The molecule has 0 saturated carbocycles. The summed E-state index contributed by atoms with van der Waals surface area (Å²) in [7, 11) is -0.645. The highest BCUT2D eigenvalue weighted by Crippen LogP contribution is 2.13. The number of nitrogens with one attached hydrogen (secondary N) is 1. The first-order valence-corrected chi connectivity index (χ1v) is 8.59. The fourth-order valence-electron chi connectivity index (χ4n) is 1.69. The molecule has 1 aromatic rings. The maximum absolute atomic E-state index is 11.9. The van der Waals surface area contributed by atoms with Crippen LogP contribution in [0.4, 0.5) is 0 Å². The molecule has 0 radical (unpaired) electrons. The summed E-state index contributed by atoms with van der Waals surface area (Å²) in [5.74, 6) is -0.760. The highest BCUT2D eigenvalue weighted by Gasteiger charge is 2.17. The van der Waals surface area contributed by atoms with E-state index in [2.05, 4.69) is 5.32 Å². The van der Waals surface area contributed by atoms with Crippen LogP contribution in [0.3, 0.4) is 0 Å². The molecule has 8 heteroatoms. The van der Waals surface area contributed by atoms with Gasteiger partial charge < -0.3 is 10.1 Å². The molecule has 23 heavy (non-hydrogen) atoms. The van der Waals surface area contributed by atoms with E-state index in [4.69, 9.17) is 4.74 Å². The van der Waals surface area contributed by atoms with Crippen LogP contribution in [0, 0.1) is 0 Å². The number of ether oxygens (including phenoxy) is 1. The zero-order valence-electron chi connectivity index (χ0n) is 13.7. The molecule has 128 valence electrons. The van der Waals surface area contributed by atoms with Crippen molar-refractivity contribution < 1.29 is 22.7 Å². The van der Waals surface area contributed by atoms with Crippen molar-refractivity contribution in [1.82, 2.24) is 9.62 Å². The molecule has 7 nitrogen and oxygen atoms in total. The van der Waals surface area contributed by atoms with E-state index in [0.29, 0.717) is 5.56 Å². The summed E-state index contributed by atoms with van der Waals surface area (Å²) in [5.41, 5.74) is 0.319. The van der Waals surface area contributed by atoms with Crippen LogP contribution in [-0.2, 0) is 19.6 Å². The van der Waals surface area contributed by atoms with Gasteiger partial charge in [0.1, 0.15) is 0 Å². The second kappa shape index (κ2) is 8.07. The number of esters is 1. The predicted molar refractivity (Wildman–Crippen MR) is 85.5 cm³/mol. The number of rotatable bonds is 7. The van der Waals surface area contributed by atoms with E-state index < -0.39 is 10.0 Å². The molecule has 1 N–H and O–H groups in total. The zero-order valence-corrected chi connectivity index (χ0v) is 14.5. The molecule has 0 unspecified atom stereocenters. The molecule has 0 aliphatic rings. The summed E-state index contributed by atoms with van der Waals surface area (Å²) in [6, 6.07) is 5.60. The Morgan fingerprint density at radius 3 is 2.22 bits per heavy atom. The number of hydrogen-bond donors (Lipinski definition) is 1. The quantitative estimate of drug-likeness (QED) is 0.747. The van der Waals surface area contributed by atoms with Crippen molar-refractivity contribution in [2.75, 3.05) is 20.6 Å². The zero-order chi connectivity index (χ0) is 17.6. The largest absolute Gasteiger partial charge is 0.463 e. The van der Waals surface area contributed by atoms with Crippen LogP contribution in [0.25, 0.3) is 0 Å². The third-order valence-electron chi connectivity index (χ3n) is 2.88. The van der Waals surface area contributed by atoms with Gasteiger partial charge in [-0.1, -0.05) is 0 Å². The Morgan fingerprint density at radius 1 is 1.17 bits per heavy atom. The van der Waals surface area contributed by atoms with Crippen molar-refractivity contribution in [3.63, 3.8) is 0 Å². The average molecular weight is 342 g/mol. The van der Waals surface area contributed by atoms with Crippen LogP contribution in [0.2, 0.25) is 0 Å². The molecule has 1 rings (SSSR count). The molecule has 1 amide bonds. The Morgan fingerprint density at radius 2 is 1.74 bits per heavy atom. The summed E-state index contributed by atoms with van der Waals surface area (Å²) < 4.78 is 29.9. The lowest BCUT2D eigenvalue weighted by atomic mass is 10.2. The SMILES string of the molecule is CC(C)OC(=O)CCNC(=O)c1ccc(S(=O)(=O)N(C)C)cc1. The first-order valence-electron chi connectivity index (χ1n) is 7.15. The van der Waals surface area contributed by atoms with Gasteiger partial charge >= 0.3 is 5.97 Å². The number of hydrogen-bond acceptors (Lipinski definition) is 5. The Labute approximate surface area is 136 Å². The molecular formula is C15H22N2O5S. The summed E-state index contributed by atoms with van der Waals surface area (Å²) in [6.07, 6.45) is -0.110. The molecule has 0 aromatic heterocycles. The minimum absolute atomic E-state index is 0.0804. The summed E-state index contributed by atoms with van der Waals surface area (Å²) >= 11 is 0. The Hall–Kier alpha value is -1.93. The third-order valence-corrected chi connectivity index (χ3v) is 4.71. The average Bonchev–Trinajstić information content (AvgIpc) is 2.46. The lowest BCUT2D eigenvalue weighted by molar-refractivity contribution is -0.147. The van der Waals surface area contributed by atoms with E-state index in [1.807, 2.05) is 0 Å². The van der Waals surface area contributed by atoms with Crippen molar-refractivity contribution in [2.45, 2.75) is 31.3 Å². The molecule has 1 aromatic carbocycles.